The summed E-state index contributed by atoms with van der Waals surface area (Å²) in [7, 11) is 0. The molecule has 2 bridgehead atoms. The molecule has 0 fully saturated rings. The Labute approximate surface area is 184 Å². The molecular formula is C22H23ClFN5O2. The Hall–Kier alpha value is -3.31. The zero-order valence-electron chi connectivity index (χ0n) is 16.8. The van der Waals surface area contributed by atoms with Crippen LogP contribution in [0.25, 0.3) is 11.3 Å². The number of rotatable bonds is 4. The van der Waals surface area contributed by atoms with E-state index in [0.29, 0.717) is 35.7 Å². The normalized spacial score (nSPS) is 17.1. The molecule has 2 heterocycles. The molecule has 3 rings (SSSR count). The van der Waals surface area contributed by atoms with E-state index in [1.165, 1.54) is 12.2 Å². The van der Waals surface area contributed by atoms with E-state index in [1.54, 1.807) is 18.2 Å². The molecule has 1 amide bonds. The number of nitriles is 1. The summed E-state index contributed by atoms with van der Waals surface area (Å²) in [5, 5.41) is 25.7. The maximum absolute atomic E-state index is 13.1. The average molecular weight is 444 g/mol. The first-order chi connectivity index (χ1) is 15.0. The Kier molecular flexibility index (Phi) is 7.68. The summed E-state index contributed by atoms with van der Waals surface area (Å²) >= 11 is 5.28. The van der Waals surface area contributed by atoms with E-state index < -0.39 is 11.9 Å². The Morgan fingerprint density at radius 1 is 1.42 bits per heavy atom. The molecule has 7 nitrogen and oxygen atoms in total. The lowest BCUT2D eigenvalue weighted by Crippen LogP contribution is -2.28. The number of aromatic nitrogens is 2. The molecule has 0 saturated heterocycles. The second kappa shape index (κ2) is 10.6. The smallest absolute Gasteiger partial charge is 0.244 e. The van der Waals surface area contributed by atoms with Crippen LogP contribution in [0.1, 0.15) is 49.7 Å². The summed E-state index contributed by atoms with van der Waals surface area (Å²) < 4.78 is 13.1. The van der Waals surface area contributed by atoms with Crippen LogP contribution in [0.5, 0.6) is 5.75 Å². The number of carbonyl (C=O) groups is 1. The summed E-state index contributed by atoms with van der Waals surface area (Å²) in [5.74, 6) is -0.336. The number of aromatic amines is 1. The molecular weight excluding hydrogens is 421 g/mol. The fourth-order valence-corrected chi connectivity index (χ4v) is 3.50. The van der Waals surface area contributed by atoms with Gasteiger partial charge >= 0.3 is 0 Å². The van der Waals surface area contributed by atoms with Crippen molar-refractivity contribution in [3.63, 3.8) is 0 Å². The molecule has 1 aliphatic rings. The fourth-order valence-electron chi connectivity index (χ4n) is 3.41. The van der Waals surface area contributed by atoms with Gasteiger partial charge in [0, 0.05) is 35.8 Å². The summed E-state index contributed by atoms with van der Waals surface area (Å²) in [6, 6.07) is 6.55. The predicted octanol–water partition coefficient (Wildman–Crippen LogP) is 4.79. The van der Waals surface area contributed by atoms with Crippen LogP contribution in [0.15, 0.2) is 41.7 Å². The van der Waals surface area contributed by atoms with E-state index in [2.05, 4.69) is 26.7 Å². The average Bonchev–Trinajstić information content (AvgIpc) is 3.18. The van der Waals surface area contributed by atoms with Gasteiger partial charge in [0.15, 0.2) is 0 Å². The van der Waals surface area contributed by atoms with Crippen molar-refractivity contribution in [2.24, 2.45) is 0 Å². The van der Waals surface area contributed by atoms with E-state index in [-0.39, 0.29) is 23.8 Å². The lowest BCUT2D eigenvalue weighted by Gasteiger charge is -2.17. The molecule has 0 unspecified atom stereocenters. The highest BCUT2D eigenvalue weighted by Gasteiger charge is 2.22. The van der Waals surface area contributed by atoms with Crippen molar-refractivity contribution >= 4 is 23.2 Å². The monoisotopic (exact) mass is 443 g/mol. The highest BCUT2D eigenvalue weighted by atomic mass is 35.5. The molecule has 0 radical (unpaired) electrons. The summed E-state index contributed by atoms with van der Waals surface area (Å²) in [6.07, 6.45) is 5.88. The van der Waals surface area contributed by atoms with Crippen LogP contribution in [-0.4, -0.2) is 27.5 Å². The third-order valence-electron chi connectivity index (χ3n) is 4.92. The number of aromatic hydroxyl groups is 1. The van der Waals surface area contributed by atoms with Crippen LogP contribution >= 0.6 is 11.6 Å². The highest BCUT2D eigenvalue weighted by Crippen LogP contribution is 2.34. The number of allylic oxidation sites excluding steroid dienone is 2. The number of nitrogens with zero attached hydrogens (tertiary/aromatic N) is 2. The number of amides is 1. The van der Waals surface area contributed by atoms with Crippen LogP contribution in [0.4, 0.5) is 10.1 Å². The number of nitrogens with one attached hydrogen (secondary N) is 3. The van der Waals surface area contributed by atoms with Gasteiger partial charge in [-0.1, -0.05) is 30.5 Å². The molecule has 4 N–H and O–H groups in total. The van der Waals surface area contributed by atoms with Gasteiger partial charge < -0.3 is 20.7 Å². The molecule has 1 aromatic heterocycles. The molecule has 1 atom stereocenters. The molecule has 0 spiro atoms. The number of benzene rings is 1. The van der Waals surface area contributed by atoms with Gasteiger partial charge in [-0.15, -0.1) is 0 Å². The first-order valence-corrected chi connectivity index (χ1v) is 10.4. The molecule has 0 aliphatic carbocycles. The van der Waals surface area contributed by atoms with Gasteiger partial charge in [0.25, 0.3) is 0 Å². The number of halogens is 2. The molecule has 9 heteroatoms. The van der Waals surface area contributed by atoms with Crippen molar-refractivity contribution in [1.82, 2.24) is 15.3 Å². The zero-order valence-corrected chi connectivity index (χ0v) is 17.5. The third-order valence-corrected chi connectivity index (χ3v) is 5.16. The number of phenols is 1. The first kappa shape index (κ1) is 22.4. The van der Waals surface area contributed by atoms with E-state index in [1.807, 2.05) is 0 Å². The van der Waals surface area contributed by atoms with E-state index in [4.69, 9.17) is 11.6 Å². The van der Waals surface area contributed by atoms with Crippen LogP contribution < -0.4 is 10.6 Å². The Bertz CT molecular complexity index is 1040. The van der Waals surface area contributed by atoms with Gasteiger partial charge in [-0.25, -0.2) is 9.37 Å². The van der Waals surface area contributed by atoms with Crippen molar-refractivity contribution in [3.8, 4) is 23.1 Å². The van der Waals surface area contributed by atoms with Crippen LogP contribution in [0, 0.1) is 11.3 Å². The van der Waals surface area contributed by atoms with E-state index in [9.17, 15) is 19.6 Å². The Morgan fingerprint density at radius 3 is 3.03 bits per heavy atom. The quantitative estimate of drug-likeness (QED) is 0.507. The number of fused-ring (bicyclic) bond motifs is 4. The van der Waals surface area contributed by atoms with Gasteiger partial charge in [-0.3, -0.25) is 4.79 Å². The Balaban J connectivity index is 1.92. The second-order valence-electron chi connectivity index (χ2n) is 7.19. The lowest BCUT2D eigenvalue weighted by atomic mass is 10.1. The minimum Gasteiger partial charge on any atom is -0.508 e. The second-order valence-corrected chi connectivity index (χ2v) is 7.41. The number of hydrogen-bond acceptors (Lipinski definition) is 5. The topological polar surface area (TPSA) is 114 Å². The summed E-state index contributed by atoms with van der Waals surface area (Å²) in [6.45, 7) is 0.703. The Morgan fingerprint density at radius 2 is 2.26 bits per heavy atom. The number of phenolic OH excluding ortho intramolecular Hbond substituents is 1. The number of anilines is 1. The minimum absolute atomic E-state index is 0.0678. The van der Waals surface area contributed by atoms with Crippen molar-refractivity contribution < 1.29 is 14.3 Å². The molecule has 2 aromatic rings. The van der Waals surface area contributed by atoms with Gasteiger partial charge in [0.1, 0.15) is 34.9 Å². The van der Waals surface area contributed by atoms with E-state index >= 15 is 0 Å². The summed E-state index contributed by atoms with van der Waals surface area (Å²) in [4.78, 5) is 20.0. The van der Waals surface area contributed by atoms with Gasteiger partial charge in [0.05, 0.1) is 6.04 Å². The van der Waals surface area contributed by atoms with Gasteiger partial charge in [-0.2, -0.15) is 5.26 Å². The van der Waals surface area contributed by atoms with Gasteiger partial charge in [0.2, 0.25) is 5.91 Å². The lowest BCUT2D eigenvalue weighted by molar-refractivity contribution is -0.117. The van der Waals surface area contributed by atoms with Crippen LogP contribution in [-0.2, 0) is 4.79 Å². The van der Waals surface area contributed by atoms with Crippen molar-refractivity contribution in [2.45, 2.75) is 38.1 Å². The van der Waals surface area contributed by atoms with Crippen LogP contribution in [0.2, 0.25) is 0 Å². The molecule has 162 valence electrons. The van der Waals surface area contributed by atoms with E-state index in [0.717, 1.165) is 24.8 Å². The predicted molar refractivity (Wildman–Crippen MR) is 117 cm³/mol. The maximum Gasteiger partial charge on any atom is 0.244 e. The summed E-state index contributed by atoms with van der Waals surface area (Å²) in [5.41, 5.74) is 2.92. The fraction of sp³-hybridized carbons (Fsp3) is 0.318. The molecule has 0 saturated carbocycles. The number of carbonyl (C=O) groups excluding carboxylic acids is 1. The minimum atomic E-state index is -0.538. The van der Waals surface area contributed by atoms with Crippen LogP contribution in [0.3, 0.4) is 0 Å². The third kappa shape index (κ3) is 5.86. The SMILES string of the molecule is N#Cc1[nH]c2nc1-c1ccc(O)cc1NCCCCC[C@@H]2NC(=O)/C=C/C/C(F)=C/Cl. The van der Waals surface area contributed by atoms with Crippen molar-refractivity contribution in [2.75, 3.05) is 11.9 Å². The zero-order chi connectivity index (χ0) is 22.2. The standard InChI is InChI=1S/C22H23ClFN5O2/c23-12-14(24)5-4-7-20(31)27-17-6-2-1-3-10-26-18-11-15(30)8-9-16(18)21-19(13-25)28-22(17)29-21/h4,7-9,11-12,17,26,30H,1-3,5-6,10H2,(H,27,31)(H,28,29)/b7-4+,14-12-/t17-/m0/s1. The number of imidazole rings is 1. The largest absolute Gasteiger partial charge is 0.508 e. The van der Waals surface area contributed by atoms with Gasteiger partial charge in [-0.05, 0) is 31.1 Å². The molecule has 31 heavy (non-hydrogen) atoms. The number of H-pyrrole nitrogens is 1. The first-order valence-electron chi connectivity index (χ1n) is 10.0. The highest BCUT2D eigenvalue weighted by molar-refractivity contribution is 6.25. The maximum atomic E-state index is 13.1. The molecule has 1 aromatic carbocycles. The molecule has 1 aliphatic heterocycles. The number of hydrogen-bond donors (Lipinski definition) is 4. The van der Waals surface area contributed by atoms with Crippen molar-refractivity contribution in [1.29, 1.82) is 5.26 Å². The van der Waals surface area contributed by atoms with Crippen molar-refractivity contribution in [3.05, 3.63) is 53.2 Å².